The number of hydrogen-bond acceptors (Lipinski definition) is 5. The van der Waals surface area contributed by atoms with E-state index in [1.165, 1.54) is 7.11 Å². The van der Waals surface area contributed by atoms with Crippen LogP contribution in [0, 0.1) is 0 Å². The summed E-state index contributed by atoms with van der Waals surface area (Å²) in [4.78, 5) is 15.5. The summed E-state index contributed by atoms with van der Waals surface area (Å²) >= 11 is 0. The van der Waals surface area contributed by atoms with Gasteiger partial charge in [0.25, 0.3) is 0 Å². The van der Waals surface area contributed by atoms with Crippen LogP contribution in [-0.2, 0) is 15.7 Å². The lowest BCUT2D eigenvalue weighted by Crippen LogP contribution is -2.24. The molecule has 1 aliphatic heterocycles. The third-order valence-electron chi connectivity index (χ3n) is 1.64. The van der Waals surface area contributed by atoms with Gasteiger partial charge in [-0.25, -0.2) is 0 Å². The number of phosphoric acid groups is 1. The van der Waals surface area contributed by atoms with E-state index < -0.39 is 8.17 Å². The van der Waals surface area contributed by atoms with Gasteiger partial charge >= 0.3 is 8.17 Å². The number of pyridine rings is 1. The average molecular weight is 201 g/mol. The van der Waals surface area contributed by atoms with Crippen molar-refractivity contribution in [3.05, 3.63) is 24.0 Å². The topological polar surface area (TPSA) is 63.6 Å². The summed E-state index contributed by atoms with van der Waals surface area (Å²) in [6.07, 6.45) is 1.62. The van der Waals surface area contributed by atoms with Crippen molar-refractivity contribution in [3.63, 3.8) is 0 Å². The summed E-state index contributed by atoms with van der Waals surface area (Å²) in [5.41, 5.74) is 0.631. The average Bonchev–Trinajstić information content (AvgIpc) is 2.18. The highest BCUT2D eigenvalue weighted by Crippen LogP contribution is 2.56. The summed E-state index contributed by atoms with van der Waals surface area (Å²) in [5, 5.41) is 0. The molecule has 1 aromatic rings. The van der Waals surface area contributed by atoms with Crippen molar-refractivity contribution >= 4 is 8.17 Å². The molecule has 0 aliphatic carbocycles. The molecule has 0 bridgehead atoms. The second-order valence-electron chi connectivity index (χ2n) is 2.44. The Morgan fingerprint density at radius 2 is 2.54 bits per heavy atom. The first-order valence-corrected chi connectivity index (χ1v) is 5.13. The zero-order valence-electron chi connectivity index (χ0n) is 6.97. The largest absolute Gasteiger partial charge is 0.598 e. The maximum absolute atomic E-state index is 11.5. The Morgan fingerprint density at radius 1 is 1.69 bits per heavy atom. The molecule has 1 aromatic heterocycles. The van der Waals surface area contributed by atoms with Gasteiger partial charge in [0.1, 0.15) is 12.3 Å². The molecular formula is C7H8NO4P. The van der Waals surface area contributed by atoms with Gasteiger partial charge < -0.3 is 4.89 Å². The lowest BCUT2D eigenvalue weighted by Gasteiger charge is -2.27. The molecule has 1 aliphatic rings. The summed E-state index contributed by atoms with van der Waals surface area (Å²) in [7, 11) is -2.09. The molecule has 0 fully saturated rings. The van der Waals surface area contributed by atoms with Crippen LogP contribution < -0.4 is 9.42 Å². The highest BCUT2D eigenvalue weighted by molar-refractivity contribution is 7.54. The number of nitrogens with zero attached hydrogens (tertiary/aromatic N) is 1. The number of aromatic nitrogens is 1. The Bertz CT molecular complexity index is 321. The molecule has 0 N–H and O–H groups in total. The second kappa shape index (κ2) is 3.20. The molecule has 0 aromatic carbocycles. The first-order valence-electron chi connectivity index (χ1n) is 3.67. The van der Waals surface area contributed by atoms with Crippen LogP contribution in [0.1, 0.15) is 5.69 Å². The predicted octanol–water partition coefficient (Wildman–Crippen LogP) is 0.675. The van der Waals surface area contributed by atoms with Crippen LogP contribution in [-0.4, -0.2) is 12.1 Å². The van der Waals surface area contributed by atoms with E-state index in [0.717, 1.165) is 0 Å². The zero-order valence-corrected chi connectivity index (χ0v) is 7.86. The smallest absolute Gasteiger partial charge is 0.429 e. The van der Waals surface area contributed by atoms with E-state index in [9.17, 15) is 4.89 Å². The van der Waals surface area contributed by atoms with Gasteiger partial charge in [-0.05, 0) is 12.1 Å². The Hall–Kier alpha value is -0.740. The van der Waals surface area contributed by atoms with Crippen LogP contribution in [0.5, 0.6) is 5.75 Å². The van der Waals surface area contributed by atoms with Crippen molar-refractivity contribution < 1.29 is 18.5 Å². The third kappa shape index (κ3) is 1.64. The first-order chi connectivity index (χ1) is 6.23. The van der Waals surface area contributed by atoms with Gasteiger partial charge in [0.05, 0.1) is 7.11 Å². The normalized spacial score (nSPS) is 26.3. The highest BCUT2D eigenvalue weighted by Gasteiger charge is 2.38. The van der Waals surface area contributed by atoms with Crippen LogP contribution in [0.2, 0.25) is 0 Å². The molecule has 5 nitrogen and oxygen atoms in total. The second-order valence-corrected chi connectivity index (χ2v) is 4.14. The third-order valence-corrected chi connectivity index (χ3v) is 2.95. The number of fused-ring (bicyclic) bond motifs is 1. The Labute approximate surface area is 75.9 Å². The summed E-state index contributed by atoms with van der Waals surface area (Å²) in [6.45, 7) is 0.154. The first kappa shape index (κ1) is 8.84. The van der Waals surface area contributed by atoms with Crippen LogP contribution in [0.3, 0.4) is 0 Å². The fourth-order valence-electron chi connectivity index (χ4n) is 0.992. The van der Waals surface area contributed by atoms with Crippen LogP contribution in [0.25, 0.3) is 0 Å². The van der Waals surface area contributed by atoms with Crippen LogP contribution in [0.15, 0.2) is 18.3 Å². The fourth-order valence-corrected chi connectivity index (χ4v) is 1.91. The van der Waals surface area contributed by atoms with Crippen molar-refractivity contribution in [1.82, 2.24) is 4.98 Å². The van der Waals surface area contributed by atoms with Crippen molar-refractivity contribution in [2.45, 2.75) is 6.61 Å². The van der Waals surface area contributed by atoms with E-state index in [-0.39, 0.29) is 6.61 Å². The monoisotopic (exact) mass is 201 g/mol. The van der Waals surface area contributed by atoms with Crippen LogP contribution in [0.4, 0.5) is 0 Å². The minimum absolute atomic E-state index is 0.154. The lowest BCUT2D eigenvalue weighted by molar-refractivity contribution is -0.240. The molecule has 1 atom stereocenters. The van der Waals surface area contributed by atoms with Crippen molar-refractivity contribution in [2.24, 2.45) is 0 Å². The maximum atomic E-state index is 11.5. The molecule has 0 saturated heterocycles. The van der Waals surface area contributed by atoms with Crippen molar-refractivity contribution in [3.8, 4) is 5.75 Å². The standard InChI is InChI=1S/C7H8NO4P/c1-10-13(9)11-5-6-7(12-13)3-2-4-8-6/h2-4H,5H2,1H3. The summed E-state index contributed by atoms with van der Waals surface area (Å²) in [5.74, 6) is 0.457. The number of hydrogen-bond donors (Lipinski definition) is 0. The predicted molar refractivity (Wildman–Crippen MR) is 43.6 cm³/mol. The van der Waals surface area contributed by atoms with E-state index in [1.54, 1.807) is 18.3 Å². The number of rotatable bonds is 1. The number of phosphoric ester groups is 1. The minimum atomic E-state index is -3.37. The minimum Gasteiger partial charge on any atom is -0.598 e. The lowest BCUT2D eigenvalue weighted by atomic mass is 10.3. The van der Waals surface area contributed by atoms with E-state index in [1.807, 2.05) is 0 Å². The Kier molecular flexibility index (Phi) is 2.17. The molecule has 2 rings (SSSR count). The quantitative estimate of drug-likeness (QED) is 0.625. The van der Waals surface area contributed by atoms with Gasteiger partial charge in [0.15, 0.2) is 0 Å². The Balaban J connectivity index is 2.29. The molecular weight excluding hydrogens is 193 g/mol. The van der Waals surface area contributed by atoms with Crippen LogP contribution >= 0.6 is 8.17 Å². The molecule has 0 radical (unpaired) electrons. The van der Waals surface area contributed by atoms with E-state index in [0.29, 0.717) is 11.4 Å². The van der Waals surface area contributed by atoms with E-state index in [4.69, 9.17) is 9.05 Å². The van der Waals surface area contributed by atoms with Gasteiger partial charge in [0.2, 0.25) is 5.75 Å². The van der Waals surface area contributed by atoms with Gasteiger partial charge in [0, 0.05) is 6.20 Å². The SMILES string of the molecule is CO[P+]1([O-])OCc2ncccc2O1. The highest BCUT2D eigenvalue weighted by atomic mass is 31.2. The Morgan fingerprint density at radius 3 is 3.31 bits per heavy atom. The molecule has 0 spiro atoms. The molecule has 2 heterocycles. The molecule has 0 saturated carbocycles. The fraction of sp³-hybridized carbons (Fsp3) is 0.286. The maximum Gasteiger partial charge on any atom is 0.429 e. The zero-order chi connectivity index (χ0) is 9.31. The molecule has 0 amide bonds. The summed E-state index contributed by atoms with van der Waals surface area (Å²) in [6, 6.07) is 3.38. The molecule has 70 valence electrons. The van der Waals surface area contributed by atoms with Gasteiger partial charge in [-0.3, -0.25) is 9.51 Å². The molecule has 6 heteroatoms. The summed E-state index contributed by atoms with van der Waals surface area (Å²) < 4.78 is 14.5. The van der Waals surface area contributed by atoms with E-state index >= 15 is 0 Å². The van der Waals surface area contributed by atoms with Gasteiger partial charge in [-0.1, -0.05) is 0 Å². The molecule has 13 heavy (non-hydrogen) atoms. The molecule has 1 unspecified atom stereocenters. The van der Waals surface area contributed by atoms with Crippen molar-refractivity contribution in [2.75, 3.05) is 7.11 Å². The van der Waals surface area contributed by atoms with Gasteiger partial charge in [-0.2, -0.15) is 9.05 Å². The van der Waals surface area contributed by atoms with Gasteiger partial charge in [-0.15, -0.1) is 0 Å². The van der Waals surface area contributed by atoms with E-state index in [2.05, 4.69) is 9.51 Å². The van der Waals surface area contributed by atoms with Crippen molar-refractivity contribution in [1.29, 1.82) is 0 Å².